The molecule has 1 aliphatic heterocycles. The zero-order valence-corrected chi connectivity index (χ0v) is 6.97. The maximum Gasteiger partial charge on any atom is 0.0459 e. The highest BCUT2D eigenvalue weighted by Crippen LogP contribution is 2.39. The zero-order valence-electron chi connectivity index (χ0n) is 6.97. The predicted octanol–water partition coefficient (Wildman–Crippen LogP) is 0.901. The van der Waals surface area contributed by atoms with Gasteiger partial charge in [-0.05, 0) is 44.6 Å². The normalized spacial score (nSPS) is 43.9. The third-order valence-corrected chi connectivity index (χ3v) is 3.30. The molecule has 0 aromatic carbocycles. The van der Waals surface area contributed by atoms with E-state index in [4.69, 9.17) is 5.11 Å². The molecule has 2 rings (SSSR count). The molecule has 0 bridgehead atoms. The molecule has 1 saturated carbocycles. The van der Waals surface area contributed by atoms with E-state index in [1.165, 1.54) is 38.6 Å². The Labute approximate surface area is 68.0 Å². The lowest BCUT2D eigenvalue weighted by Gasteiger charge is -2.23. The number of aliphatic hydroxyl groups excluding tert-OH is 1. The number of nitrogens with one attached hydrogen (secondary N) is 1. The number of hydrogen-bond acceptors (Lipinski definition) is 2. The number of hydrogen-bond donors (Lipinski definition) is 2. The molecule has 2 atom stereocenters. The Morgan fingerprint density at radius 1 is 1.45 bits per heavy atom. The third kappa shape index (κ3) is 1.30. The molecular weight excluding hydrogens is 138 g/mol. The summed E-state index contributed by atoms with van der Waals surface area (Å²) in [6, 6.07) is 0. The van der Waals surface area contributed by atoms with Gasteiger partial charge < -0.3 is 10.4 Å². The molecule has 2 heteroatoms. The van der Waals surface area contributed by atoms with Crippen molar-refractivity contribution in [2.24, 2.45) is 5.92 Å². The van der Waals surface area contributed by atoms with Crippen molar-refractivity contribution >= 4 is 0 Å². The fourth-order valence-electron chi connectivity index (χ4n) is 2.65. The first-order valence-corrected chi connectivity index (χ1v) is 4.71. The maximum absolute atomic E-state index is 8.98. The second-order valence-corrected chi connectivity index (χ2v) is 4.10. The fourth-order valence-corrected chi connectivity index (χ4v) is 2.65. The van der Waals surface area contributed by atoms with Gasteiger partial charge in [0.25, 0.3) is 0 Å². The highest BCUT2D eigenvalue weighted by atomic mass is 16.3. The van der Waals surface area contributed by atoms with Gasteiger partial charge in [-0.1, -0.05) is 0 Å². The Morgan fingerprint density at radius 3 is 2.91 bits per heavy atom. The average molecular weight is 155 g/mol. The van der Waals surface area contributed by atoms with Gasteiger partial charge in [-0.15, -0.1) is 0 Å². The minimum Gasteiger partial charge on any atom is -0.396 e. The van der Waals surface area contributed by atoms with E-state index in [2.05, 4.69) is 5.32 Å². The van der Waals surface area contributed by atoms with Crippen molar-refractivity contribution in [3.8, 4) is 0 Å². The zero-order chi connectivity index (χ0) is 7.73. The predicted molar refractivity (Wildman–Crippen MR) is 44.4 cm³/mol. The molecule has 2 aliphatic rings. The van der Waals surface area contributed by atoms with E-state index in [-0.39, 0.29) is 0 Å². The molecule has 0 amide bonds. The van der Waals surface area contributed by atoms with E-state index < -0.39 is 0 Å². The van der Waals surface area contributed by atoms with Crippen LogP contribution in [0, 0.1) is 5.92 Å². The van der Waals surface area contributed by atoms with E-state index >= 15 is 0 Å². The van der Waals surface area contributed by atoms with Crippen LogP contribution in [0.4, 0.5) is 0 Å². The summed E-state index contributed by atoms with van der Waals surface area (Å²) in [7, 11) is 0. The van der Waals surface area contributed by atoms with Gasteiger partial charge in [0.1, 0.15) is 0 Å². The summed E-state index contributed by atoms with van der Waals surface area (Å²) in [6.07, 6.45) is 6.40. The van der Waals surface area contributed by atoms with Gasteiger partial charge >= 0.3 is 0 Å². The standard InChI is InChI=1S/C9H17NO/c11-7-8-2-4-9(6-8)3-1-5-10-9/h8,10-11H,1-7H2. The van der Waals surface area contributed by atoms with E-state index in [1.807, 2.05) is 0 Å². The van der Waals surface area contributed by atoms with Crippen LogP contribution in [-0.2, 0) is 0 Å². The summed E-state index contributed by atoms with van der Waals surface area (Å²) in [4.78, 5) is 0. The first kappa shape index (κ1) is 7.56. The second-order valence-electron chi connectivity index (χ2n) is 4.10. The Balaban J connectivity index is 1.96. The molecule has 1 aliphatic carbocycles. The topological polar surface area (TPSA) is 32.3 Å². The smallest absolute Gasteiger partial charge is 0.0459 e. The van der Waals surface area contributed by atoms with Crippen LogP contribution in [0.3, 0.4) is 0 Å². The van der Waals surface area contributed by atoms with Gasteiger partial charge in [0, 0.05) is 12.1 Å². The van der Waals surface area contributed by atoms with Crippen LogP contribution in [0.25, 0.3) is 0 Å². The summed E-state index contributed by atoms with van der Waals surface area (Å²) >= 11 is 0. The first-order valence-electron chi connectivity index (χ1n) is 4.71. The molecule has 64 valence electrons. The highest BCUT2D eigenvalue weighted by Gasteiger charge is 2.40. The van der Waals surface area contributed by atoms with Crippen molar-refractivity contribution in [1.82, 2.24) is 5.32 Å². The first-order chi connectivity index (χ1) is 5.35. The van der Waals surface area contributed by atoms with Crippen LogP contribution >= 0.6 is 0 Å². The van der Waals surface area contributed by atoms with Crippen molar-refractivity contribution in [1.29, 1.82) is 0 Å². The van der Waals surface area contributed by atoms with Crippen molar-refractivity contribution in [3.05, 3.63) is 0 Å². The Kier molecular flexibility index (Phi) is 1.90. The second kappa shape index (κ2) is 2.76. The van der Waals surface area contributed by atoms with E-state index in [0.29, 0.717) is 18.1 Å². The van der Waals surface area contributed by atoms with Crippen LogP contribution in [0.15, 0.2) is 0 Å². The van der Waals surface area contributed by atoms with Crippen LogP contribution < -0.4 is 5.32 Å². The monoisotopic (exact) mass is 155 g/mol. The van der Waals surface area contributed by atoms with Crippen LogP contribution in [0.2, 0.25) is 0 Å². The van der Waals surface area contributed by atoms with Gasteiger partial charge in [-0.3, -0.25) is 0 Å². The van der Waals surface area contributed by atoms with E-state index in [9.17, 15) is 0 Å². The van der Waals surface area contributed by atoms with Gasteiger partial charge in [0.2, 0.25) is 0 Å². The van der Waals surface area contributed by atoms with Crippen LogP contribution in [-0.4, -0.2) is 23.8 Å². The summed E-state index contributed by atoms with van der Waals surface area (Å²) < 4.78 is 0. The average Bonchev–Trinajstić information content (AvgIpc) is 2.62. The number of aliphatic hydroxyl groups is 1. The maximum atomic E-state index is 8.98. The largest absolute Gasteiger partial charge is 0.396 e. The lowest BCUT2D eigenvalue weighted by atomic mass is 9.94. The molecular formula is C9H17NO. The molecule has 2 nitrogen and oxygen atoms in total. The molecule has 1 saturated heterocycles. The Hall–Kier alpha value is -0.0800. The molecule has 0 aromatic heterocycles. The quantitative estimate of drug-likeness (QED) is 0.589. The fraction of sp³-hybridized carbons (Fsp3) is 1.00. The third-order valence-electron chi connectivity index (χ3n) is 3.30. The summed E-state index contributed by atoms with van der Waals surface area (Å²) in [6.45, 7) is 1.58. The molecule has 2 fully saturated rings. The molecule has 1 heterocycles. The summed E-state index contributed by atoms with van der Waals surface area (Å²) in [5.74, 6) is 0.584. The van der Waals surface area contributed by atoms with Crippen LogP contribution in [0.5, 0.6) is 0 Å². The molecule has 0 radical (unpaired) electrons. The Morgan fingerprint density at radius 2 is 2.36 bits per heavy atom. The minimum atomic E-state index is 0.392. The van der Waals surface area contributed by atoms with E-state index in [0.717, 1.165) is 0 Å². The van der Waals surface area contributed by atoms with Gasteiger partial charge in [0.15, 0.2) is 0 Å². The molecule has 0 aromatic rings. The van der Waals surface area contributed by atoms with Gasteiger partial charge in [0.05, 0.1) is 0 Å². The Bertz CT molecular complexity index is 140. The molecule has 2 unspecified atom stereocenters. The number of rotatable bonds is 1. The summed E-state index contributed by atoms with van der Waals surface area (Å²) in [5, 5.41) is 12.6. The molecule has 11 heavy (non-hydrogen) atoms. The summed E-state index contributed by atoms with van der Waals surface area (Å²) in [5.41, 5.74) is 0.452. The SMILES string of the molecule is OCC1CCC2(CCCN2)C1. The lowest BCUT2D eigenvalue weighted by Crippen LogP contribution is -2.36. The van der Waals surface area contributed by atoms with Gasteiger partial charge in [-0.25, -0.2) is 0 Å². The van der Waals surface area contributed by atoms with Crippen LogP contribution in [0.1, 0.15) is 32.1 Å². The van der Waals surface area contributed by atoms with Crippen molar-refractivity contribution in [3.63, 3.8) is 0 Å². The van der Waals surface area contributed by atoms with Crippen molar-refractivity contribution in [2.45, 2.75) is 37.6 Å². The van der Waals surface area contributed by atoms with Crippen molar-refractivity contribution in [2.75, 3.05) is 13.2 Å². The molecule has 2 N–H and O–H groups in total. The molecule has 1 spiro atoms. The lowest BCUT2D eigenvalue weighted by molar-refractivity contribution is 0.220. The van der Waals surface area contributed by atoms with Crippen molar-refractivity contribution < 1.29 is 5.11 Å². The van der Waals surface area contributed by atoms with Gasteiger partial charge in [-0.2, -0.15) is 0 Å². The van der Waals surface area contributed by atoms with E-state index in [1.54, 1.807) is 0 Å². The minimum absolute atomic E-state index is 0.392. The highest BCUT2D eigenvalue weighted by molar-refractivity contribution is 4.99.